The zero-order valence-electron chi connectivity index (χ0n) is 10.5. The summed E-state index contributed by atoms with van der Waals surface area (Å²) in [6.45, 7) is 4.42. The van der Waals surface area contributed by atoms with Crippen molar-refractivity contribution in [1.82, 2.24) is 4.98 Å². The van der Waals surface area contributed by atoms with Crippen LogP contribution in [0.5, 0.6) is 0 Å². The first kappa shape index (κ1) is 11.9. The second-order valence-electron chi connectivity index (χ2n) is 5.37. The van der Waals surface area contributed by atoms with Gasteiger partial charge in [-0.25, -0.2) is 9.78 Å². The molecule has 1 aromatic heterocycles. The van der Waals surface area contributed by atoms with Crippen LogP contribution in [-0.4, -0.2) is 23.1 Å². The number of hydrogen-bond acceptors (Lipinski definition) is 3. The lowest BCUT2D eigenvalue weighted by Gasteiger charge is -2.32. The SMILES string of the molecule is CNc1ncc(C(=O)O)c2c1CC(C)(C)CC2. The molecule has 2 N–H and O–H groups in total. The fourth-order valence-corrected chi connectivity index (χ4v) is 2.50. The summed E-state index contributed by atoms with van der Waals surface area (Å²) in [5, 5.41) is 12.2. The molecule has 0 saturated heterocycles. The molecule has 0 saturated carbocycles. The van der Waals surface area contributed by atoms with E-state index >= 15 is 0 Å². The molecule has 0 radical (unpaired) electrons. The molecule has 1 aliphatic rings. The van der Waals surface area contributed by atoms with Crippen molar-refractivity contribution in [2.75, 3.05) is 12.4 Å². The van der Waals surface area contributed by atoms with Crippen LogP contribution in [0.2, 0.25) is 0 Å². The molecule has 0 aromatic carbocycles. The molecule has 0 spiro atoms. The Kier molecular flexibility index (Phi) is 2.81. The summed E-state index contributed by atoms with van der Waals surface area (Å²) in [6, 6.07) is 0. The van der Waals surface area contributed by atoms with Crippen LogP contribution in [0.3, 0.4) is 0 Å². The van der Waals surface area contributed by atoms with Crippen LogP contribution in [0, 0.1) is 5.41 Å². The molecular formula is C13H18N2O2. The minimum absolute atomic E-state index is 0.220. The van der Waals surface area contributed by atoms with Gasteiger partial charge < -0.3 is 10.4 Å². The Balaban J connectivity index is 2.57. The lowest BCUT2D eigenvalue weighted by Crippen LogP contribution is -2.25. The summed E-state index contributed by atoms with van der Waals surface area (Å²) < 4.78 is 0. The summed E-state index contributed by atoms with van der Waals surface area (Å²) in [7, 11) is 1.82. The van der Waals surface area contributed by atoms with Gasteiger partial charge in [-0.15, -0.1) is 0 Å². The van der Waals surface area contributed by atoms with Crippen LogP contribution in [-0.2, 0) is 12.8 Å². The lowest BCUT2D eigenvalue weighted by molar-refractivity contribution is 0.0694. The largest absolute Gasteiger partial charge is 0.478 e. The molecule has 1 aliphatic carbocycles. The van der Waals surface area contributed by atoms with Crippen LogP contribution in [0.1, 0.15) is 41.8 Å². The molecule has 4 heteroatoms. The van der Waals surface area contributed by atoms with Gasteiger partial charge in [0.2, 0.25) is 0 Å². The molecule has 0 unspecified atom stereocenters. The maximum absolute atomic E-state index is 11.2. The van der Waals surface area contributed by atoms with Crippen molar-refractivity contribution in [3.8, 4) is 0 Å². The normalized spacial score (nSPS) is 17.4. The van der Waals surface area contributed by atoms with Gasteiger partial charge >= 0.3 is 5.97 Å². The van der Waals surface area contributed by atoms with E-state index in [0.717, 1.165) is 36.2 Å². The second-order valence-corrected chi connectivity index (χ2v) is 5.37. The Bertz CT molecular complexity index is 467. The van der Waals surface area contributed by atoms with Crippen molar-refractivity contribution < 1.29 is 9.90 Å². The molecule has 0 bridgehead atoms. The zero-order chi connectivity index (χ0) is 12.6. The number of carboxylic acid groups (broad SMARTS) is 1. The van der Waals surface area contributed by atoms with E-state index < -0.39 is 5.97 Å². The molecular weight excluding hydrogens is 216 g/mol. The Labute approximate surface area is 101 Å². The van der Waals surface area contributed by atoms with Gasteiger partial charge in [0.25, 0.3) is 0 Å². The van der Waals surface area contributed by atoms with E-state index in [1.165, 1.54) is 6.20 Å². The minimum Gasteiger partial charge on any atom is -0.478 e. The summed E-state index contributed by atoms with van der Waals surface area (Å²) >= 11 is 0. The Morgan fingerprint density at radius 1 is 1.47 bits per heavy atom. The maximum atomic E-state index is 11.2. The average molecular weight is 234 g/mol. The van der Waals surface area contributed by atoms with Crippen LogP contribution < -0.4 is 5.32 Å². The Morgan fingerprint density at radius 2 is 2.18 bits per heavy atom. The van der Waals surface area contributed by atoms with E-state index in [2.05, 4.69) is 24.1 Å². The highest BCUT2D eigenvalue weighted by Crippen LogP contribution is 2.38. The van der Waals surface area contributed by atoms with Crippen molar-refractivity contribution in [2.45, 2.75) is 33.1 Å². The standard InChI is InChI=1S/C13H18N2O2/c1-13(2)5-4-8-9(6-13)11(14-3)15-7-10(8)12(16)17/h7H,4-6H2,1-3H3,(H,14,15)(H,16,17). The van der Waals surface area contributed by atoms with E-state index in [9.17, 15) is 9.90 Å². The topological polar surface area (TPSA) is 62.2 Å². The first-order valence-electron chi connectivity index (χ1n) is 5.86. The van der Waals surface area contributed by atoms with Crippen molar-refractivity contribution in [3.05, 3.63) is 22.9 Å². The fourth-order valence-electron chi connectivity index (χ4n) is 2.50. The molecule has 92 valence electrons. The molecule has 2 rings (SSSR count). The van der Waals surface area contributed by atoms with Gasteiger partial charge in [0.1, 0.15) is 5.82 Å². The summed E-state index contributed by atoms with van der Waals surface area (Å²) in [4.78, 5) is 15.4. The monoisotopic (exact) mass is 234 g/mol. The molecule has 4 nitrogen and oxygen atoms in total. The van der Waals surface area contributed by atoms with Crippen molar-refractivity contribution >= 4 is 11.8 Å². The predicted octanol–water partition coefficient (Wildman–Crippen LogP) is 2.34. The predicted molar refractivity (Wildman–Crippen MR) is 66.5 cm³/mol. The molecule has 0 atom stereocenters. The highest BCUT2D eigenvalue weighted by Gasteiger charge is 2.30. The van der Waals surface area contributed by atoms with Crippen molar-refractivity contribution in [2.24, 2.45) is 5.41 Å². The van der Waals surface area contributed by atoms with E-state index in [1.807, 2.05) is 7.05 Å². The Morgan fingerprint density at radius 3 is 2.76 bits per heavy atom. The number of nitrogens with zero attached hydrogens (tertiary/aromatic N) is 1. The Hall–Kier alpha value is -1.58. The second kappa shape index (κ2) is 4.02. The summed E-state index contributed by atoms with van der Waals surface area (Å²) in [5.41, 5.74) is 2.60. The third kappa shape index (κ3) is 2.12. The van der Waals surface area contributed by atoms with Crippen LogP contribution in [0.15, 0.2) is 6.20 Å². The third-order valence-electron chi connectivity index (χ3n) is 3.47. The number of anilines is 1. The van der Waals surface area contributed by atoms with Gasteiger partial charge in [0.15, 0.2) is 0 Å². The van der Waals surface area contributed by atoms with Crippen LogP contribution >= 0.6 is 0 Å². The highest BCUT2D eigenvalue weighted by molar-refractivity contribution is 5.90. The van der Waals surface area contributed by atoms with Gasteiger partial charge in [-0.05, 0) is 35.8 Å². The quantitative estimate of drug-likeness (QED) is 0.824. The number of fused-ring (bicyclic) bond motifs is 1. The van der Waals surface area contributed by atoms with Crippen molar-refractivity contribution in [1.29, 1.82) is 0 Å². The van der Waals surface area contributed by atoms with Crippen molar-refractivity contribution in [3.63, 3.8) is 0 Å². The number of hydrogen-bond donors (Lipinski definition) is 2. The first-order valence-corrected chi connectivity index (χ1v) is 5.86. The third-order valence-corrected chi connectivity index (χ3v) is 3.47. The lowest BCUT2D eigenvalue weighted by atomic mass is 9.73. The number of pyridine rings is 1. The number of carboxylic acids is 1. The number of aromatic nitrogens is 1. The van der Waals surface area contributed by atoms with Gasteiger partial charge in [-0.2, -0.15) is 0 Å². The molecule has 0 aliphatic heterocycles. The van der Waals surface area contributed by atoms with Gasteiger partial charge in [-0.1, -0.05) is 13.8 Å². The smallest absolute Gasteiger partial charge is 0.337 e. The van der Waals surface area contributed by atoms with E-state index in [-0.39, 0.29) is 5.41 Å². The van der Waals surface area contributed by atoms with Gasteiger partial charge in [0, 0.05) is 13.2 Å². The highest BCUT2D eigenvalue weighted by atomic mass is 16.4. The van der Waals surface area contributed by atoms with E-state index in [0.29, 0.717) is 5.56 Å². The molecule has 1 aromatic rings. The van der Waals surface area contributed by atoms with E-state index in [4.69, 9.17) is 0 Å². The van der Waals surface area contributed by atoms with Gasteiger partial charge in [-0.3, -0.25) is 0 Å². The average Bonchev–Trinajstić information content (AvgIpc) is 2.26. The van der Waals surface area contributed by atoms with E-state index in [1.54, 1.807) is 0 Å². The zero-order valence-corrected chi connectivity index (χ0v) is 10.5. The number of rotatable bonds is 2. The number of nitrogens with one attached hydrogen (secondary N) is 1. The molecule has 17 heavy (non-hydrogen) atoms. The number of carbonyl (C=O) groups is 1. The first-order chi connectivity index (χ1) is 7.94. The minimum atomic E-state index is -0.879. The summed E-state index contributed by atoms with van der Waals surface area (Å²) in [5.74, 6) is -0.0612. The summed E-state index contributed by atoms with van der Waals surface area (Å²) in [6.07, 6.45) is 4.19. The van der Waals surface area contributed by atoms with Crippen LogP contribution in [0.4, 0.5) is 5.82 Å². The molecule has 0 amide bonds. The fraction of sp³-hybridized carbons (Fsp3) is 0.538. The molecule has 0 fully saturated rings. The van der Waals surface area contributed by atoms with Gasteiger partial charge in [0.05, 0.1) is 5.56 Å². The number of aromatic carboxylic acids is 1. The maximum Gasteiger partial charge on any atom is 0.337 e. The molecule has 1 heterocycles. The van der Waals surface area contributed by atoms with Crippen LogP contribution in [0.25, 0.3) is 0 Å².